The van der Waals surface area contributed by atoms with Gasteiger partial charge >= 0.3 is 0 Å². The van der Waals surface area contributed by atoms with E-state index in [0.29, 0.717) is 6.04 Å². The molecule has 3 aromatic rings. The minimum atomic E-state index is 0.311. The van der Waals surface area contributed by atoms with Crippen molar-refractivity contribution < 1.29 is 0 Å². The number of benzene rings is 1. The Bertz CT molecular complexity index is 695. The van der Waals surface area contributed by atoms with Crippen LogP contribution in [0.4, 0.5) is 0 Å². The van der Waals surface area contributed by atoms with Gasteiger partial charge in [0.05, 0.1) is 0 Å². The van der Waals surface area contributed by atoms with E-state index in [1.54, 1.807) is 0 Å². The molecule has 0 unspecified atom stereocenters. The van der Waals surface area contributed by atoms with Crippen molar-refractivity contribution in [3.8, 4) is 0 Å². The summed E-state index contributed by atoms with van der Waals surface area (Å²) < 4.78 is 0. The van der Waals surface area contributed by atoms with Crippen molar-refractivity contribution in [2.24, 2.45) is 0 Å². The second-order valence-electron chi connectivity index (χ2n) is 4.94. The van der Waals surface area contributed by atoms with Crippen LogP contribution in [-0.4, -0.2) is 9.97 Å². The van der Waals surface area contributed by atoms with Gasteiger partial charge in [0, 0.05) is 42.8 Å². The van der Waals surface area contributed by atoms with Gasteiger partial charge in [-0.1, -0.05) is 12.1 Å². The number of hydrogen-bond donors (Lipinski definition) is 1. The zero-order valence-corrected chi connectivity index (χ0v) is 11.5. The number of aromatic nitrogens is 2. The predicted molar refractivity (Wildman–Crippen MR) is 81.2 cm³/mol. The monoisotopic (exact) mass is 263 g/mol. The van der Waals surface area contributed by atoms with E-state index in [2.05, 4.69) is 40.4 Å². The Labute approximate surface area is 118 Å². The lowest BCUT2D eigenvalue weighted by Gasteiger charge is -2.14. The van der Waals surface area contributed by atoms with Crippen LogP contribution in [-0.2, 0) is 6.54 Å². The Kier molecular flexibility index (Phi) is 3.70. The van der Waals surface area contributed by atoms with Crippen molar-refractivity contribution in [1.29, 1.82) is 0 Å². The molecule has 20 heavy (non-hydrogen) atoms. The average Bonchev–Trinajstić information content (AvgIpc) is 2.53. The van der Waals surface area contributed by atoms with Crippen LogP contribution < -0.4 is 5.32 Å². The fourth-order valence-electron chi connectivity index (χ4n) is 2.28. The molecule has 0 bridgehead atoms. The maximum absolute atomic E-state index is 4.13. The highest BCUT2D eigenvalue weighted by molar-refractivity contribution is 5.81. The summed E-state index contributed by atoms with van der Waals surface area (Å²) in [6.07, 6.45) is 7.39. The summed E-state index contributed by atoms with van der Waals surface area (Å²) in [5.74, 6) is 0. The van der Waals surface area contributed by atoms with Crippen molar-refractivity contribution in [3.05, 3.63) is 72.3 Å². The lowest BCUT2D eigenvalue weighted by molar-refractivity contribution is 0.574. The first-order valence-electron chi connectivity index (χ1n) is 6.79. The predicted octanol–water partition coefficient (Wildman–Crippen LogP) is 3.48. The van der Waals surface area contributed by atoms with E-state index in [-0.39, 0.29) is 0 Å². The maximum atomic E-state index is 4.13. The summed E-state index contributed by atoms with van der Waals surface area (Å²) in [5, 5.41) is 5.95. The first-order chi connectivity index (χ1) is 9.83. The molecule has 0 saturated carbocycles. The van der Waals surface area contributed by atoms with E-state index < -0.39 is 0 Å². The Morgan fingerprint density at radius 2 is 1.75 bits per heavy atom. The molecule has 0 amide bonds. The highest BCUT2D eigenvalue weighted by atomic mass is 14.9. The van der Waals surface area contributed by atoms with Crippen LogP contribution in [0.2, 0.25) is 0 Å². The molecular formula is C17H17N3. The van der Waals surface area contributed by atoms with Gasteiger partial charge in [0.1, 0.15) is 0 Å². The van der Waals surface area contributed by atoms with Gasteiger partial charge < -0.3 is 5.32 Å². The standard InChI is InChI=1S/C17H17N3/c1-13(15-4-7-18-8-5-15)20-11-14-2-3-17-12-19-9-6-16(17)10-14/h2-10,12-13,20H,11H2,1H3/t13-/m0/s1. The first-order valence-corrected chi connectivity index (χ1v) is 6.79. The third kappa shape index (κ3) is 2.83. The molecule has 1 atom stereocenters. The molecule has 1 aromatic carbocycles. The number of nitrogens with zero attached hydrogens (tertiary/aromatic N) is 2. The number of pyridine rings is 2. The normalized spacial score (nSPS) is 12.4. The second-order valence-corrected chi connectivity index (χ2v) is 4.94. The van der Waals surface area contributed by atoms with E-state index >= 15 is 0 Å². The first kappa shape index (κ1) is 12.8. The zero-order chi connectivity index (χ0) is 13.8. The van der Waals surface area contributed by atoms with E-state index in [4.69, 9.17) is 0 Å². The number of hydrogen-bond acceptors (Lipinski definition) is 3. The molecule has 3 nitrogen and oxygen atoms in total. The Hall–Kier alpha value is -2.26. The maximum Gasteiger partial charge on any atom is 0.0346 e. The van der Waals surface area contributed by atoms with Crippen LogP contribution in [0.3, 0.4) is 0 Å². The summed E-state index contributed by atoms with van der Waals surface area (Å²) in [6.45, 7) is 3.02. The van der Waals surface area contributed by atoms with Crippen molar-refractivity contribution in [2.75, 3.05) is 0 Å². The molecule has 0 fully saturated rings. The van der Waals surface area contributed by atoms with Crippen LogP contribution in [0.5, 0.6) is 0 Å². The van der Waals surface area contributed by atoms with Crippen LogP contribution in [0.25, 0.3) is 10.8 Å². The summed E-state index contributed by atoms with van der Waals surface area (Å²) in [7, 11) is 0. The smallest absolute Gasteiger partial charge is 0.0346 e. The summed E-state index contributed by atoms with van der Waals surface area (Å²) in [6, 6.07) is 12.9. The van der Waals surface area contributed by atoms with Gasteiger partial charge in [-0.05, 0) is 47.7 Å². The average molecular weight is 263 g/mol. The molecule has 0 saturated heterocycles. The number of rotatable bonds is 4. The van der Waals surface area contributed by atoms with Crippen LogP contribution in [0.15, 0.2) is 61.2 Å². The highest BCUT2D eigenvalue weighted by Crippen LogP contribution is 2.16. The van der Waals surface area contributed by atoms with E-state index in [1.807, 2.05) is 43.0 Å². The fraction of sp³-hybridized carbons (Fsp3) is 0.176. The quantitative estimate of drug-likeness (QED) is 0.783. The van der Waals surface area contributed by atoms with Gasteiger partial charge in [0.15, 0.2) is 0 Å². The minimum Gasteiger partial charge on any atom is -0.306 e. The lowest BCUT2D eigenvalue weighted by Crippen LogP contribution is -2.18. The van der Waals surface area contributed by atoms with Crippen LogP contribution >= 0.6 is 0 Å². The van der Waals surface area contributed by atoms with Gasteiger partial charge in [-0.2, -0.15) is 0 Å². The van der Waals surface area contributed by atoms with Crippen molar-refractivity contribution in [3.63, 3.8) is 0 Å². The largest absolute Gasteiger partial charge is 0.306 e. The molecule has 3 heteroatoms. The Morgan fingerprint density at radius 3 is 2.60 bits per heavy atom. The molecule has 0 spiro atoms. The second kappa shape index (κ2) is 5.80. The van der Waals surface area contributed by atoms with Crippen molar-refractivity contribution in [2.45, 2.75) is 19.5 Å². The summed E-state index contributed by atoms with van der Waals surface area (Å²) in [4.78, 5) is 8.18. The van der Waals surface area contributed by atoms with E-state index in [0.717, 1.165) is 6.54 Å². The molecule has 0 aliphatic heterocycles. The van der Waals surface area contributed by atoms with E-state index in [1.165, 1.54) is 21.9 Å². The molecule has 100 valence electrons. The molecule has 2 heterocycles. The van der Waals surface area contributed by atoms with Crippen LogP contribution in [0, 0.1) is 0 Å². The Morgan fingerprint density at radius 1 is 0.950 bits per heavy atom. The number of nitrogens with one attached hydrogen (secondary N) is 1. The van der Waals surface area contributed by atoms with Gasteiger partial charge in [-0.15, -0.1) is 0 Å². The minimum absolute atomic E-state index is 0.311. The molecule has 0 aliphatic carbocycles. The van der Waals surface area contributed by atoms with Gasteiger partial charge in [0.25, 0.3) is 0 Å². The summed E-state index contributed by atoms with van der Waals surface area (Å²) in [5.41, 5.74) is 2.54. The third-order valence-corrected chi connectivity index (χ3v) is 3.52. The molecule has 0 radical (unpaired) electrons. The van der Waals surface area contributed by atoms with Gasteiger partial charge in [-0.25, -0.2) is 0 Å². The number of fused-ring (bicyclic) bond motifs is 1. The lowest BCUT2D eigenvalue weighted by atomic mass is 10.1. The summed E-state index contributed by atoms with van der Waals surface area (Å²) >= 11 is 0. The third-order valence-electron chi connectivity index (χ3n) is 3.52. The molecular weight excluding hydrogens is 246 g/mol. The SMILES string of the molecule is C[C@H](NCc1ccc2cnccc2c1)c1ccncc1. The van der Waals surface area contributed by atoms with Crippen LogP contribution in [0.1, 0.15) is 24.1 Å². The molecule has 3 rings (SSSR count). The molecule has 2 aromatic heterocycles. The zero-order valence-electron chi connectivity index (χ0n) is 11.5. The topological polar surface area (TPSA) is 37.8 Å². The highest BCUT2D eigenvalue weighted by Gasteiger charge is 2.04. The van der Waals surface area contributed by atoms with E-state index in [9.17, 15) is 0 Å². The van der Waals surface area contributed by atoms with Gasteiger partial charge in [0.2, 0.25) is 0 Å². The van der Waals surface area contributed by atoms with Crippen molar-refractivity contribution >= 4 is 10.8 Å². The van der Waals surface area contributed by atoms with Crippen molar-refractivity contribution in [1.82, 2.24) is 15.3 Å². The fourth-order valence-corrected chi connectivity index (χ4v) is 2.28. The molecule has 0 aliphatic rings. The molecule has 1 N–H and O–H groups in total. The Balaban J connectivity index is 1.70. The van der Waals surface area contributed by atoms with Gasteiger partial charge in [-0.3, -0.25) is 9.97 Å².